The molecule has 2 fully saturated rings. The van der Waals surface area contributed by atoms with E-state index in [1.54, 1.807) is 0 Å². The van der Waals surface area contributed by atoms with E-state index in [1.165, 1.54) is 12.8 Å². The normalized spacial score (nSPS) is 38.5. The van der Waals surface area contributed by atoms with Crippen LogP contribution in [0.1, 0.15) is 51.9 Å². The van der Waals surface area contributed by atoms with E-state index < -0.39 is 18.5 Å². The van der Waals surface area contributed by atoms with Crippen LogP contribution in [0.25, 0.3) is 0 Å². The predicted octanol–water partition coefficient (Wildman–Crippen LogP) is 1.98. The van der Waals surface area contributed by atoms with Gasteiger partial charge in [0.2, 0.25) is 0 Å². The Morgan fingerprint density at radius 3 is 2.75 bits per heavy atom. The van der Waals surface area contributed by atoms with Gasteiger partial charge < -0.3 is 20.1 Å². The molecule has 0 aromatic heterocycles. The molecule has 1 saturated carbocycles. The van der Waals surface area contributed by atoms with Crippen molar-refractivity contribution in [3.8, 4) is 0 Å². The third kappa shape index (κ3) is 4.04. The maximum atomic E-state index is 10.0. The van der Waals surface area contributed by atoms with Gasteiger partial charge in [-0.3, -0.25) is 0 Å². The van der Waals surface area contributed by atoms with Crippen molar-refractivity contribution >= 4 is 0 Å². The molecule has 0 bridgehead atoms. The maximum Gasteiger partial charge on any atom is 0.155 e. The standard InChI is InChI=1S/C16H28O4/c1-2-3-4-5-6-11(17)7-8-12-13-9-16(19)20-15(13)10-14(12)18/h7-8,11-19H,2-6,9-10H2,1H3. The van der Waals surface area contributed by atoms with Crippen molar-refractivity contribution in [1.29, 1.82) is 0 Å². The highest BCUT2D eigenvalue weighted by Crippen LogP contribution is 2.43. The van der Waals surface area contributed by atoms with Crippen LogP contribution in [0.2, 0.25) is 0 Å². The van der Waals surface area contributed by atoms with Crippen LogP contribution in [-0.2, 0) is 4.74 Å². The summed E-state index contributed by atoms with van der Waals surface area (Å²) in [6, 6.07) is 0. The third-order valence-corrected chi connectivity index (χ3v) is 4.60. The third-order valence-electron chi connectivity index (χ3n) is 4.60. The summed E-state index contributed by atoms with van der Waals surface area (Å²) in [7, 11) is 0. The van der Waals surface area contributed by atoms with Crippen LogP contribution >= 0.6 is 0 Å². The first-order valence-electron chi connectivity index (χ1n) is 7.99. The molecule has 0 aromatic carbocycles. The van der Waals surface area contributed by atoms with E-state index in [-0.39, 0.29) is 17.9 Å². The number of aliphatic hydroxyl groups is 3. The average Bonchev–Trinajstić information content (AvgIpc) is 2.88. The van der Waals surface area contributed by atoms with Crippen LogP contribution in [0.5, 0.6) is 0 Å². The second-order valence-electron chi connectivity index (χ2n) is 6.21. The summed E-state index contributed by atoms with van der Waals surface area (Å²) in [6.07, 6.45) is 8.77. The van der Waals surface area contributed by atoms with Gasteiger partial charge in [0.05, 0.1) is 18.3 Å². The monoisotopic (exact) mass is 284 g/mol. The predicted molar refractivity (Wildman–Crippen MR) is 77.0 cm³/mol. The molecule has 1 aliphatic carbocycles. The Labute approximate surface area is 121 Å². The molecule has 4 heteroatoms. The molecule has 2 rings (SSSR count). The van der Waals surface area contributed by atoms with E-state index in [2.05, 4.69) is 6.92 Å². The lowest BCUT2D eigenvalue weighted by Crippen LogP contribution is -2.19. The van der Waals surface area contributed by atoms with Crippen LogP contribution in [0.4, 0.5) is 0 Å². The number of rotatable bonds is 7. The topological polar surface area (TPSA) is 69.9 Å². The molecule has 0 amide bonds. The first kappa shape index (κ1) is 16.0. The van der Waals surface area contributed by atoms with Crippen molar-refractivity contribution in [2.75, 3.05) is 0 Å². The number of hydrogen-bond acceptors (Lipinski definition) is 4. The molecule has 0 radical (unpaired) electrons. The molecule has 4 nitrogen and oxygen atoms in total. The highest BCUT2D eigenvalue weighted by atomic mass is 16.6. The van der Waals surface area contributed by atoms with Gasteiger partial charge >= 0.3 is 0 Å². The molecule has 2 aliphatic rings. The zero-order valence-corrected chi connectivity index (χ0v) is 12.3. The molecule has 0 spiro atoms. The summed E-state index contributed by atoms with van der Waals surface area (Å²) in [5.74, 6) is 0.186. The molecule has 116 valence electrons. The van der Waals surface area contributed by atoms with Gasteiger partial charge in [0.1, 0.15) is 0 Å². The van der Waals surface area contributed by atoms with Crippen molar-refractivity contribution in [3.63, 3.8) is 0 Å². The number of aliphatic hydroxyl groups excluding tert-OH is 3. The van der Waals surface area contributed by atoms with Crippen LogP contribution in [0.3, 0.4) is 0 Å². The zero-order chi connectivity index (χ0) is 14.5. The van der Waals surface area contributed by atoms with Gasteiger partial charge in [-0.1, -0.05) is 44.8 Å². The van der Waals surface area contributed by atoms with Crippen LogP contribution in [0, 0.1) is 11.8 Å². The largest absolute Gasteiger partial charge is 0.392 e. The number of unbranched alkanes of at least 4 members (excludes halogenated alkanes) is 3. The zero-order valence-electron chi connectivity index (χ0n) is 12.3. The number of fused-ring (bicyclic) bond motifs is 1. The van der Waals surface area contributed by atoms with Crippen molar-refractivity contribution in [1.82, 2.24) is 0 Å². The van der Waals surface area contributed by atoms with Gasteiger partial charge in [-0.2, -0.15) is 0 Å². The summed E-state index contributed by atoms with van der Waals surface area (Å²) in [5.41, 5.74) is 0. The van der Waals surface area contributed by atoms with Gasteiger partial charge in [0.15, 0.2) is 6.29 Å². The smallest absolute Gasteiger partial charge is 0.155 e. The van der Waals surface area contributed by atoms with Crippen molar-refractivity contribution < 1.29 is 20.1 Å². The summed E-state index contributed by atoms with van der Waals surface area (Å²) >= 11 is 0. The fourth-order valence-corrected chi connectivity index (χ4v) is 3.46. The van der Waals surface area contributed by atoms with E-state index in [1.807, 2.05) is 12.2 Å². The summed E-state index contributed by atoms with van der Waals surface area (Å²) in [4.78, 5) is 0. The molecule has 1 heterocycles. The quantitative estimate of drug-likeness (QED) is 0.494. The Morgan fingerprint density at radius 2 is 2.00 bits per heavy atom. The van der Waals surface area contributed by atoms with Crippen molar-refractivity contribution in [2.45, 2.75) is 76.5 Å². The van der Waals surface area contributed by atoms with Gasteiger partial charge in [-0.15, -0.1) is 0 Å². The van der Waals surface area contributed by atoms with E-state index in [4.69, 9.17) is 4.74 Å². The molecule has 6 atom stereocenters. The maximum absolute atomic E-state index is 10.0. The Kier molecular flexibility index (Phi) is 6.02. The molecular formula is C16H28O4. The highest BCUT2D eigenvalue weighted by Gasteiger charge is 2.47. The molecular weight excluding hydrogens is 256 g/mol. The lowest BCUT2D eigenvalue weighted by atomic mass is 9.91. The van der Waals surface area contributed by atoms with E-state index in [9.17, 15) is 15.3 Å². The summed E-state index contributed by atoms with van der Waals surface area (Å²) < 4.78 is 5.38. The van der Waals surface area contributed by atoms with Crippen LogP contribution in [0.15, 0.2) is 12.2 Å². The van der Waals surface area contributed by atoms with E-state index in [0.29, 0.717) is 12.8 Å². The second-order valence-corrected chi connectivity index (χ2v) is 6.21. The number of hydrogen-bond donors (Lipinski definition) is 3. The molecule has 3 N–H and O–H groups in total. The summed E-state index contributed by atoms with van der Waals surface area (Å²) in [6.45, 7) is 2.17. The molecule has 0 aromatic rings. The Morgan fingerprint density at radius 1 is 1.20 bits per heavy atom. The number of ether oxygens (including phenoxy) is 1. The molecule has 6 unspecified atom stereocenters. The Hall–Kier alpha value is -0.420. The SMILES string of the molecule is CCCCCCC(O)C=CC1C(O)CC2OC(O)CC21. The van der Waals surface area contributed by atoms with Gasteiger partial charge in [0.25, 0.3) is 0 Å². The first-order chi connectivity index (χ1) is 9.61. The lowest BCUT2D eigenvalue weighted by molar-refractivity contribution is -0.0949. The van der Waals surface area contributed by atoms with Crippen molar-refractivity contribution in [3.05, 3.63) is 12.2 Å². The van der Waals surface area contributed by atoms with Gasteiger partial charge in [-0.25, -0.2) is 0 Å². The fourth-order valence-electron chi connectivity index (χ4n) is 3.46. The summed E-state index contributed by atoms with van der Waals surface area (Å²) in [5, 5.41) is 29.5. The van der Waals surface area contributed by atoms with Crippen LogP contribution in [-0.4, -0.2) is 39.9 Å². The average molecular weight is 284 g/mol. The first-order valence-corrected chi connectivity index (χ1v) is 7.99. The molecule has 1 saturated heterocycles. The van der Waals surface area contributed by atoms with E-state index >= 15 is 0 Å². The van der Waals surface area contributed by atoms with Crippen LogP contribution < -0.4 is 0 Å². The Balaban J connectivity index is 1.77. The van der Waals surface area contributed by atoms with Gasteiger partial charge in [-0.05, 0) is 12.3 Å². The minimum Gasteiger partial charge on any atom is -0.392 e. The van der Waals surface area contributed by atoms with E-state index in [0.717, 1.165) is 19.3 Å². The molecule has 1 aliphatic heterocycles. The highest BCUT2D eigenvalue weighted by molar-refractivity contribution is 5.06. The van der Waals surface area contributed by atoms with Gasteiger partial charge in [0, 0.05) is 18.8 Å². The van der Waals surface area contributed by atoms with Crippen molar-refractivity contribution in [2.24, 2.45) is 11.8 Å². The minimum atomic E-state index is -0.688. The second kappa shape index (κ2) is 7.55. The molecule has 20 heavy (non-hydrogen) atoms. The Bertz CT molecular complexity index is 318. The fraction of sp³-hybridized carbons (Fsp3) is 0.875. The minimum absolute atomic E-state index is 0.00226. The lowest BCUT2D eigenvalue weighted by Gasteiger charge is -2.16.